The van der Waals surface area contributed by atoms with E-state index in [1.807, 2.05) is 25.1 Å². The molecule has 0 radical (unpaired) electrons. The van der Waals surface area contributed by atoms with Crippen LogP contribution in [0.2, 0.25) is 0 Å². The van der Waals surface area contributed by atoms with Crippen LogP contribution in [-0.2, 0) is 4.79 Å². The van der Waals surface area contributed by atoms with Crippen molar-refractivity contribution in [1.29, 1.82) is 0 Å². The van der Waals surface area contributed by atoms with E-state index < -0.39 is 0 Å². The maximum Gasteiger partial charge on any atom is 0.220 e. The first-order valence-electron chi connectivity index (χ1n) is 7.91. The molecular formula is C17H23BrN2O. The van der Waals surface area contributed by atoms with E-state index in [4.69, 9.17) is 0 Å². The molecule has 0 saturated carbocycles. The van der Waals surface area contributed by atoms with Gasteiger partial charge in [0.2, 0.25) is 5.91 Å². The van der Waals surface area contributed by atoms with Crippen molar-refractivity contribution in [2.24, 2.45) is 5.92 Å². The van der Waals surface area contributed by atoms with E-state index >= 15 is 0 Å². The van der Waals surface area contributed by atoms with Gasteiger partial charge in [0.05, 0.1) is 6.04 Å². The Morgan fingerprint density at radius 1 is 1.33 bits per heavy atom. The molecule has 1 aromatic rings. The molecule has 2 fully saturated rings. The Morgan fingerprint density at radius 3 is 2.67 bits per heavy atom. The van der Waals surface area contributed by atoms with E-state index in [0.29, 0.717) is 24.4 Å². The SMILES string of the molecule is C[C@H](NC(=O)CC1CC2CCC(C1)N2)c1ccccc1Br. The minimum absolute atomic E-state index is 0.0477. The highest BCUT2D eigenvalue weighted by Crippen LogP contribution is 2.32. The molecule has 2 bridgehead atoms. The second-order valence-electron chi connectivity index (χ2n) is 6.49. The van der Waals surface area contributed by atoms with Gasteiger partial charge in [-0.05, 0) is 50.2 Å². The Morgan fingerprint density at radius 2 is 2.00 bits per heavy atom. The van der Waals surface area contributed by atoms with Gasteiger partial charge < -0.3 is 10.6 Å². The summed E-state index contributed by atoms with van der Waals surface area (Å²) >= 11 is 3.55. The first kappa shape index (κ1) is 15.0. The highest BCUT2D eigenvalue weighted by atomic mass is 79.9. The van der Waals surface area contributed by atoms with E-state index in [1.165, 1.54) is 12.8 Å². The Balaban J connectivity index is 1.53. The predicted octanol–water partition coefficient (Wildman–Crippen LogP) is 3.55. The number of hydrogen-bond acceptors (Lipinski definition) is 2. The number of carbonyl (C=O) groups excluding carboxylic acids is 1. The van der Waals surface area contributed by atoms with Crippen molar-refractivity contribution in [1.82, 2.24) is 10.6 Å². The number of benzene rings is 1. The number of nitrogens with one attached hydrogen (secondary N) is 2. The molecule has 2 N–H and O–H groups in total. The van der Waals surface area contributed by atoms with Crippen LogP contribution in [0.4, 0.5) is 0 Å². The van der Waals surface area contributed by atoms with Gasteiger partial charge in [0.15, 0.2) is 0 Å². The third kappa shape index (κ3) is 3.67. The average Bonchev–Trinajstić information content (AvgIpc) is 2.78. The van der Waals surface area contributed by atoms with Gasteiger partial charge in [-0.3, -0.25) is 4.79 Å². The van der Waals surface area contributed by atoms with E-state index in [-0.39, 0.29) is 11.9 Å². The molecular weight excluding hydrogens is 328 g/mol. The van der Waals surface area contributed by atoms with E-state index in [2.05, 4.69) is 32.6 Å². The highest BCUT2D eigenvalue weighted by molar-refractivity contribution is 9.10. The Labute approximate surface area is 135 Å². The molecule has 0 aromatic heterocycles. The topological polar surface area (TPSA) is 41.1 Å². The van der Waals surface area contributed by atoms with Gasteiger partial charge in [0, 0.05) is 23.0 Å². The van der Waals surface area contributed by atoms with Crippen LogP contribution in [0.15, 0.2) is 28.7 Å². The van der Waals surface area contributed by atoms with Crippen LogP contribution in [0, 0.1) is 5.92 Å². The van der Waals surface area contributed by atoms with Crippen LogP contribution in [0.1, 0.15) is 50.6 Å². The molecule has 4 heteroatoms. The Hall–Kier alpha value is -0.870. The number of amides is 1. The minimum atomic E-state index is 0.0477. The first-order chi connectivity index (χ1) is 10.1. The lowest BCUT2D eigenvalue weighted by atomic mass is 9.89. The summed E-state index contributed by atoms with van der Waals surface area (Å²) < 4.78 is 1.05. The van der Waals surface area contributed by atoms with Crippen LogP contribution in [0.3, 0.4) is 0 Å². The summed E-state index contributed by atoms with van der Waals surface area (Å²) in [4.78, 5) is 12.3. The third-order valence-corrected chi connectivity index (χ3v) is 5.52. The summed E-state index contributed by atoms with van der Waals surface area (Å²) in [7, 11) is 0. The maximum absolute atomic E-state index is 12.3. The molecule has 3 nitrogen and oxygen atoms in total. The fourth-order valence-corrected chi connectivity index (χ4v) is 4.44. The van der Waals surface area contributed by atoms with Gasteiger partial charge >= 0.3 is 0 Å². The van der Waals surface area contributed by atoms with E-state index in [0.717, 1.165) is 22.9 Å². The number of halogens is 1. The highest BCUT2D eigenvalue weighted by Gasteiger charge is 2.34. The van der Waals surface area contributed by atoms with Crippen molar-refractivity contribution in [2.45, 2.75) is 57.2 Å². The maximum atomic E-state index is 12.3. The number of rotatable bonds is 4. The monoisotopic (exact) mass is 350 g/mol. The van der Waals surface area contributed by atoms with E-state index in [1.54, 1.807) is 0 Å². The molecule has 0 spiro atoms. The van der Waals surface area contributed by atoms with Crippen molar-refractivity contribution in [3.05, 3.63) is 34.3 Å². The molecule has 114 valence electrons. The van der Waals surface area contributed by atoms with Crippen LogP contribution >= 0.6 is 15.9 Å². The predicted molar refractivity (Wildman–Crippen MR) is 88.0 cm³/mol. The Bertz CT molecular complexity index is 507. The van der Waals surface area contributed by atoms with Gasteiger partial charge in [-0.2, -0.15) is 0 Å². The van der Waals surface area contributed by atoms with Crippen molar-refractivity contribution >= 4 is 21.8 Å². The summed E-state index contributed by atoms with van der Waals surface area (Å²) in [5.74, 6) is 0.736. The quantitative estimate of drug-likeness (QED) is 0.871. The van der Waals surface area contributed by atoms with Crippen molar-refractivity contribution in [3.63, 3.8) is 0 Å². The second-order valence-corrected chi connectivity index (χ2v) is 7.34. The Kier molecular flexibility index (Phi) is 4.65. The molecule has 2 unspecified atom stereocenters. The lowest BCUT2D eigenvalue weighted by molar-refractivity contribution is -0.122. The average molecular weight is 351 g/mol. The third-order valence-electron chi connectivity index (χ3n) is 4.79. The fourth-order valence-electron chi connectivity index (χ4n) is 3.81. The van der Waals surface area contributed by atoms with Gasteiger partial charge in [-0.25, -0.2) is 0 Å². The van der Waals surface area contributed by atoms with Gasteiger partial charge in [0.1, 0.15) is 0 Å². The van der Waals surface area contributed by atoms with Crippen LogP contribution in [0.5, 0.6) is 0 Å². The van der Waals surface area contributed by atoms with Gasteiger partial charge in [-0.15, -0.1) is 0 Å². The standard InChI is InChI=1S/C17H23BrN2O/c1-11(15-4-2-3-5-16(15)18)19-17(21)10-12-8-13-6-7-14(9-12)20-13/h2-5,11-14,20H,6-10H2,1H3,(H,19,21)/t11-,12?,13?,14?/m0/s1. The summed E-state index contributed by atoms with van der Waals surface area (Å²) in [5.41, 5.74) is 1.14. The van der Waals surface area contributed by atoms with Crippen LogP contribution in [-0.4, -0.2) is 18.0 Å². The zero-order valence-corrected chi connectivity index (χ0v) is 14.0. The van der Waals surface area contributed by atoms with Crippen molar-refractivity contribution in [3.8, 4) is 0 Å². The number of piperidine rings is 1. The summed E-state index contributed by atoms with van der Waals surface area (Å²) in [6.07, 6.45) is 5.57. The van der Waals surface area contributed by atoms with Crippen LogP contribution < -0.4 is 10.6 Å². The fraction of sp³-hybridized carbons (Fsp3) is 0.588. The second kappa shape index (κ2) is 6.49. The minimum Gasteiger partial charge on any atom is -0.350 e. The summed E-state index contributed by atoms with van der Waals surface area (Å²) in [6.45, 7) is 2.05. The lowest BCUT2D eigenvalue weighted by Gasteiger charge is -2.29. The molecule has 2 saturated heterocycles. The molecule has 3 atom stereocenters. The van der Waals surface area contributed by atoms with Crippen LogP contribution in [0.25, 0.3) is 0 Å². The molecule has 3 rings (SSSR count). The van der Waals surface area contributed by atoms with Crippen molar-refractivity contribution in [2.75, 3.05) is 0 Å². The number of fused-ring (bicyclic) bond motifs is 2. The molecule has 1 amide bonds. The van der Waals surface area contributed by atoms with Gasteiger partial charge in [0.25, 0.3) is 0 Å². The molecule has 2 aliphatic rings. The lowest BCUT2D eigenvalue weighted by Crippen LogP contribution is -2.40. The molecule has 2 heterocycles. The number of hydrogen-bond donors (Lipinski definition) is 2. The van der Waals surface area contributed by atoms with E-state index in [9.17, 15) is 4.79 Å². The number of carbonyl (C=O) groups is 1. The zero-order valence-electron chi connectivity index (χ0n) is 12.4. The van der Waals surface area contributed by atoms with Gasteiger partial charge in [-0.1, -0.05) is 34.1 Å². The molecule has 21 heavy (non-hydrogen) atoms. The summed E-state index contributed by atoms with van der Waals surface area (Å²) in [5, 5.41) is 6.77. The molecule has 2 aliphatic heterocycles. The normalized spacial score (nSPS) is 29.1. The first-order valence-corrected chi connectivity index (χ1v) is 8.71. The largest absolute Gasteiger partial charge is 0.350 e. The van der Waals surface area contributed by atoms with Crippen molar-refractivity contribution < 1.29 is 4.79 Å². The summed E-state index contributed by atoms with van der Waals surface area (Å²) in [6, 6.07) is 9.43. The molecule has 0 aliphatic carbocycles. The zero-order chi connectivity index (χ0) is 14.8. The smallest absolute Gasteiger partial charge is 0.220 e. The molecule has 1 aromatic carbocycles.